The molecule has 0 aliphatic carbocycles. The van der Waals surface area contributed by atoms with Crippen LogP contribution in [0.15, 0.2) is 4.99 Å². The van der Waals surface area contributed by atoms with Crippen LogP contribution in [-0.2, 0) is 4.74 Å². The molecule has 0 aromatic carbocycles. The van der Waals surface area contributed by atoms with E-state index in [1.807, 2.05) is 0 Å². The Hall–Kier alpha value is -0.0400. The lowest BCUT2D eigenvalue weighted by Crippen LogP contribution is -2.38. The summed E-state index contributed by atoms with van der Waals surface area (Å²) in [7, 11) is 3.52. The first-order valence-corrected chi connectivity index (χ1v) is 6.14. The molecule has 0 aromatic rings. The molecule has 0 aliphatic rings. The van der Waals surface area contributed by atoms with Crippen LogP contribution in [-0.4, -0.2) is 39.8 Å². The van der Waals surface area contributed by atoms with Crippen LogP contribution >= 0.6 is 24.0 Å². The van der Waals surface area contributed by atoms with E-state index in [-0.39, 0.29) is 24.0 Å². The van der Waals surface area contributed by atoms with Crippen molar-refractivity contribution in [3.8, 4) is 0 Å². The average Bonchev–Trinajstić information content (AvgIpc) is 2.26. The number of hydrogen-bond donors (Lipinski definition) is 2. The van der Waals surface area contributed by atoms with E-state index in [9.17, 15) is 0 Å². The van der Waals surface area contributed by atoms with Crippen LogP contribution in [0, 0.1) is 5.92 Å². The predicted octanol–water partition coefficient (Wildman–Crippen LogP) is 2.24. The van der Waals surface area contributed by atoms with Crippen LogP contribution in [0.25, 0.3) is 0 Å². The fraction of sp³-hybridized carbons (Fsp3) is 0.917. The minimum absolute atomic E-state index is 0. The summed E-state index contributed by atoms with van der Waals surface area (Å²) in [6.07, 6.45) is 3.45. The molecule has 0 rings (SSSR count). The van der Waals surface area contributed by atoms with Crippen molar-refractivity contribution in [1.82, 2.24) is 10.6 Å². The van der Waals surface area contributed by atoms with E-state index >= 15 is 0 Å². The van der Waals surface area contributed by atoms with Crippen LogP contribution in [0.4, 0.5) is 0 Å². The monoisotopic (exact) mass is 357 g/mol. The summed E-state index contributed by atoms with van der Waals surface area (Å²) >= 11 is 0. The summed E-state index contributed by atoms with van der Waals surface area (Å²) in [5.41, 5.74) is 0. The molecule has 17 heavy (non-hydrogen) atoms. The molecule has 0 radical (unpaired) electrons. The molecule has 2 N–H and O–H groups in total. The third-order valence-electron chi connectivity index (χ3n) is 2.29. The third-order valence-corrected chi connectivity index (χ3v) is 2.29. The number of rotatable bonds is 8. The zero-order chi connectivity index (χ0) is 12.2. The van der Waals surface area contributed by atoms with Gasteiger partial charge in [-0.2, -0.15) is 0 Å². The SMILES string of the molecule is CN=C(NCCCOC)NCCCC(C)C.I. The minimum atomic E-state index is 0. The molecule has 4 nitrogen and oxygen atoms in total. The zero-order valence-corrected chi connectivity index (χ0v) is 13.9. The molecule has 0 heterocycles. The van der Waals surface area contributed by atoms with Crippen LogP contribution in [0.5, 0.6) is 0 Å². The second-order valence-electron chi connectivity index (χ2n) is 4.31. The molecular weight excluding hydrogens is 329 g/mol. The fourth-order valence-electron chi connectivity index (χ4n) is 1.36. The summed E-state index contributed by atoms with van der Waals surface area (Å²) < 4.78 is 4.98. The van der Waals surface area contributed by atoms with E-state index in [1.165, 1.54) is 12.8 Å². The molecule has 0 atom stereocenters. The molecule has 0 aliphatic heterocycles. The Kier molecular flexibility index (Phi) is 15.9. The Bertz CT molecular complexity index is 187. The summed E-state index contributed by atoms with van der Waals surface area (Å²) in [6.45, 7) is 7.17. The number of ether oxygens (including phenoxy) is 1. The Labute approximate surface area is 123 Å². The lowest BCUT2D eigenvalue weighted by Gasteiger charge is -2.12. The first-order chi connectivity index (χ1) is 7.70. The molecule has 5 heteroatoms. The highest BCUT2D eigenvalue weighted by molar-refractivity contribution is 14.0. The van der Waals surface area contributed by atoms with Crippen molar-refractivity contribution in [2.75, 3.05) is 33.9 Å². The highest BCUT2D eigenvalue weighted by Gasteiger charge is 1.97. The van der Waals surface area contributed by atoms with Gasteiger partial charge in [0.2, 0.25) is 0 Å². The van der Waals surface area contributed by atoms with E-state index in [4.69, 9.17) is 4.74 Å². The number of nitrogens with one attached hydrogen (secondary N) is 2. The van der Waals surface area contributed by atoms with Crippen molar-refractivity contribution >= 4 is 29.9 Å². The molecule has 0 spiro atoms. The smallest absolute Gasteiger partial charge is 0.190 e. The van der Waals surface area contributed by atoms with Crippen LogP contribution in [0.2, 0.25) is 0 Å². The normalized spacial score (nSPS) is 11.2. The molecule has 0 saturated heterocycles. The van der Waals surface area contributed by atoms with E-state index in [1.54, 1.807) is 14.2 Å². The number of aliphatic imine (C=N–C) groups is 1. The van der Waals surface area contributed by atoms with Gasteiger partial charge in [-0.15, -0.1) is 24.0 Å². The van der Waals surface area contributed by atoms with Crippen molar-refractivity contribution < 1.29 is 4.74 Å². The summed E-state index contributed by atoms with van der Waals surface area (Å²) in [5.74, 6) is 1.67. The van der Waals surface area contributed by atoms with Gasteiger partial charge in [-0.05, 0) is 25.2 Å². The quantitative estimate of drug-likeness (QED) is 0.303. The summed E-state index contributed by atoms with van der Waals surface area (Å²) in [4.78, 5) is 4.16. The van der Waals surface area contributed by atoms with Crippen LogP contribution in [0.1, 0.15) is 33.1 Å². The maximum absolute atomic E-state index is 4.98. The molecule has 104 valence electrons. The van der Waals surface area contributed by atoms with Gasteiger partial charge in [-0.25, -0.2) is 0 Å². The number of methoxy groups -OCH3 is 1. The second-order valence-corrected chi connectivity index (χ2v) is 4.31. The van der Waals surface area contributed by atoms with Gasteiger partial charge >= 0.3 is 0 Å². The maximum atomic E-state index is 4.98. The van der Waals surface area contributed by atoms with E-state index in [2.05, 4.69) is 29.5 Å². The third kappa shape index (κ3) is 13.9. The average molecular weight is 357 g/mol. The molecule has 0 saturated carbocycles. The molecule has 0 bridgehead atoms. The Morgan fingerprint density at radius 2 is 1.76 bits per heavy atom. The number of halogens is 1. The fourth-order valence-corrected chi connectivity index (χ4v) is 1.36. The van der Waals surface area contributed by atoms with Gasteiger partial charge in [0.05, 0.1) is 0 Å². The molecule has 0 amide bonds. The second kappa shape index (κ2) is 14.0. The Morgan fingerprint density at radius 1 is 1.18 bits per heavy atom. The maximum Gasteiger partial charge on any atom is 0.190 e. The van der Waals surface area contributed by atoms with E-state index in [0.29, 0.717) is 0 Å². The van der Waals surface area contributed by atoms with Gasteiger partial charge in [0.25, 0.3) is 0 Å². The van der Waals surface area contributed by atoms with Crippen molar-refractivity contribution in [3.63, 3.8) is 0 Å². The standard InChI is InChI=1S/C12H27N3O.HI/c1-11(2)7-5-8-14-12(13-3)15-9-6-10-16-4;/h11H,5-10H2,1-4H3,(H2,13,14,15);1H. The number of nitrogens with zero attached hydrogens (tertiary/aromatic N) is 1. The highest BCUT2D eigenvalue weighted by Crippen LogP contribution is 2.01. The highest BCUT2D eigenvalue weighted by atomic mass is 127. The topological polar surface area (TPSA) is 45.7 Å². The first kappa shape index (κ1) is 19.3. The largest absolute Gasteiger partial charge is 0.385 e. The van der Waals surface area contributed by atoms with Crippen molar-refractivity contribution in [2.24, 2.45) is 10.9 Å². The minimum Gasteiger partial charge on any atom is -0.385 e. The van der Waals surface area contributed by atoms with Gasteiger partial charge in [0, 0.05) is 33.9 Å². The summed E-state index contributed by atoms with van der Waals surface area (Å²) in [5, 5.41) is 6.55. The predicted molar refractivity (Wildman–Crippen MR) is 85.3 cm³/mol. The lowest BCUT2D eigenvalue weighted by molar-refractivity contribution is 0.195. The van der Waals surface area contributed by atoms with E-state index < -0.39 is 0 Å². The summed E-state index contributed by atoms with van der Waals surface area (Å²) in [6, 6.07) is 0. The first-order valence-electron chi connectivity index (χ1n) is 6.14. The molecule has 0 unspecified atom stereocenters. The van der Waals surface area contributed by atoms with Gasteiger partial charge in [-0.1, -0.05) is 13.8 Å². The number of hydrogen-bond acceptors (Lipinski definition) is 2. The van der Waals surface area contributed by atoms with Crippen molar-refractivity contribution in [2.45, 2.75) is 33.1 Å². The van der Waals surface area contributed by atoms with Gasteiger partial charge in [0.15, 0.2) is 5.96 Å². The Balaban J connectivity index is 0. The molecular formula is C12H28IN3O. The Morgan fingerprint density at radius 3 is 2.24 bits per heavy atom. The number of guanidine groups is 1. The lowest BCUT2D eigenvalue weighted by atomic mass is 10.1. The van der Waals surface area contributed by atoms with E-state index in [0.717, 1.165) is 38.0 Å². The zero-order valence-electron chi connectivity index (χ0n) is 11.6. The molecule has 0 fully saturated rings. The van der Waals surface area contributed by atoms with Gasteiger partial charge < -0.3 is 15.4 Å². The van der Waals surface area contributed by atoms with Gasteiger partial charge in [-0.3, -0.25) is 4.99 Å². The van der Waals surface area contributed by atoms with Crippen LogP contribution in [0.3, 0.4) is 0 Å². The van der Waals surface area contributed by atoms with Crippen LogP contribution < -0.4 is 10.6 Å². The van der Waals surface area contributed by atoms with Crippen molar-refractivity contribution in [1.29, 1.82) is 0 Å². The van der Waals surface area contributed by atoms with Crippen molar-refractivity contribution in [3.05, 3.63) is 0 Å². The molecule has 0 aromatic heterocycles. The van der Waals surface area contributed by atoms with Gasteiger partial charge in [0.1, 0.15) is 0 Å².